The van der Waals surface area contributed by atoms with Crippen LogP contribution in [0.2, 0.25) is 0 Å². The Hall–Kier alpha value is -1.01. The molecule has 0 aliphatic heterocycles. The van der Waals surface area contributed by atoms with Crippen molar-refractivity contribution in [1.29, 1.82) is 0 Å². The lowest BCUT2D eigenvalue weighted by molar-refractivity contribution is 0.412. The third-order valence-electron chi connectivity index (χ3n) is 2.22. The van der Waals surface area contributed by atoms with Gasteiger partial charge in [-0.15, -0.1) is 0 Å². The Kier molecular flexibility index (Phi) is 5.02. The zero-order valence-corrected chi connectivity index (χ0v) is 11.7. The minimum Gasteiger partial charge on any atom is -0.506 e. The van der Waals surface area contributed by atoms with Crippen molar-refractivity contribution >= 4 is 28.3 Å². The molecule has 1 N–H and O–H groups in total. The quantitative estimate of drug-likeness (QED) is 0.674. The van der Waals surface area contributed by atoms with Crippen LogP contribution in [-0.2, 0) is 0 Å². The highest BCUT2D eigenvalue weighted by Gasteiger charge is 2.15. The highest BCUT2D eigenvalue weighted by atomic mass is 32.2. The molecule has 0 radical (unpaired) electrons. The number of nitrogens with zero attached hydrogens (tertiary/aromatic N) is 1. The van der Waals surface area contributed by atoms with Gasteiger partial charge in [0.25, 0.3) is 0 Å². The Morgan fingerprint density at radius 3 is 2.59 bits per heavy atom. The first kappa shape index (κ1) is 14.1. The summed E-state index contributed by atoms with van der Waals surface area (Å²) in [6.45, 7) is 7.10. The molecule has 1 heterocycles. The maximum absolute atomic E-state index is 11.6. The van der Waals surface area contributed by atoms with Gasteiger partial charge in [0, 0.05) is 19.2 Å². The minimum absolute atomic E-state index is 0.0849. The average molecular weight is 273 g/mol. The number of thioether (sulfide) groups is 1. The van der Waals surface area contributed by atoms with Crippen molar-refractivity contribution in [1.82, 2.24) is 4.90 Å². The van der Waals surface area contributed by atoms with Gasteiger partial charge in [-0.25, -0.2) is 4.79 Å². The van der Waals surface area contributed by atoms with Gasteiger partial charge in [0.2, 0.25) is 0 Å². The molecule has 6 heteroatoms. The van der Waals surface area contributed by atoms with Gasteiger partial charge in [-0.2, -0.15) is 0 Å². The van der Waals surface area contributed by atoms with E-state index in [0.29, 0.717) is 10.1 Å². The van der Waals surface area contributed by atoms with Crippen molar-refractivity contribution in [2.24, 2.45) is 0 Å². The molecule has 0 aliphatic carbocycles. The van der Waals surface area contributed by atoms with E-state index in [9.17, 15) is 9.90 Å². The van der Waals surface area contributed by atoms with Crippen LogP contribution in [0.15, 0.2) is 20.2 Å². The summed E-state index contributed by atoms with van der Waals surface area (Å²) in [6.07, 6.45) is 0. The highest BCUT2D eigenvalue weighted by molar-refractivity contribution is 8.23. The number of aryl methyl sites for hydroxylation is 1. The lowest BCUT2D eigenvalue weighted by atomic mass is 10.4. The van der Waals surface area contributed by atoms with Gasteiger partial charge in [-0.1, -0.05) is 12.2 Å². The van der Waals surface area contributed by atoms with E-state index in [4.69, 9.17) is 16.6 Å². The Morgan fingerprint density at radius 2 is 2.12 bits per heavy atom. The Balaban J connectivity index is 2.96. The van der Waals surface area contributed by atoms with Crippen LogP contribution in [-0.4, -0.2) is 27.4 Å². The first-order chi connectivity index (χ1) is 7.99. The Morgan fingerprint density at radius 1 is 1.53 bits per heavy atom. The molecular formula is C11H15NO3S2. The molecule has 0 atom stereocenters. The molecular weight excluding hydrogens is 258 g/mol. The van der Waals surface area contributed by atoms with E-state index in [1.54, 1.807) is 6.92 Å². The third-order valence-corrected chi connectivity index (χ3v) is 3.74. The fourth-order valence-corrected chi connectivity index (χ4v) is 2.67. The van der Waals surface area contributed by atoms with Crippen LogP contribution >= 0.6 is 24.0 Å². The smallest absolute Gasteiger partial charge is 0.353 e. The molecule has 0 saturated carbocycles. The van der Waals surface area contributed by atoms with Crippen LogP contribution < -0.4 is 5.63 Å². The fourth-order valence-electron chi connectivity index (χ4n) is 1.31. The molecule has 0 unspecified atom stereocenters. The summed E-state index contributed by atoms with van der Waals surface area (Å²) >= 11 is 6.27. The molecule has 0 aliphatic rings. The first-order valence-corrected chi connectivity index (χ1v) is 6.52. The van der Waals surface area contributed by atoms with Crippen LogP contribution in [0.4, 0.5) is 0 Å². The van der Waals surface area contributed by atoms with Crippen molar-refractivity contribution in [3.05, 3.63) is 22.2 Å². The summed E-state index contributed by atoms with van der Waals surface area (Å²) < 4.78 is 5.48. The van der Waals surface area contributed by atoms with Gasteiger partial charge in [0.05, 0.1) is 0 Å². The molecule has 0 amide bonds. The number of hydrogen-bond acceptors (Lipinski definition) is 5. The molecule has 94 valence electrons. The van der Waals surface area contributed by atoms with E-state index in [1.165, 1.54) is 6.07 Å². The third kappa shape index (κ3) is 3.47. The maximum atomic E-state index is 11.6. The second kappa shape index (κ2) is 6.07. The standard InChI is InChI=1S/C11H15NO3S2/c1-4-12(5-2)11(16)17-9-8(13)6-7(3)15-10(9)14/h6,13H,4-5H2,1-3H3. The zero-order chi connectivity index (χ0) is 13.0. The van der Waals surface area contributed by atoms with E-state index in [0.717, 1.165) is 24.9 Å². The van der Waals surface area contributed by atoms with Crippen LogP contribution in [0.25, 0.3) is 0 Å². The molecule has 0 saturated heterocycles. The lowest BCUT2D eigenvalue weighted by Crippen LogP contribution is -2.27. The summed E-state index contributed by atoms with van der Waals surface area (Å²) in [6, 6.07) is 1.41. The summed E-state index contributed by atoms with van der Waals surface area (Å²) in [5.41, 5.74) is -0.554. The van der Waals surface area contributed by atoms with Crippen LogP contribution in [0.1, 0.15) is 19.6 Å². The van der Waals surface area contributed by atoms with Crippen molar-refractivity contribution in [3.63, 3.8) is 0 Å². The molecule has 0 spiro atoms. The molecule has 4 nitrogen and oxygen atoms in total. The van der Waals surface area contributed by atoms with Crippen molar-refractivity contribution in [2.45, 2.75) is 25.7 Å². The van der Waals surface area contributed by atoms with E-state index < -0.39 is 5.63 Å². The molecule has 1 rings (SSSR count). The van der Waals surface area contributed by atoms with E-state index in [2.05, 4.69) is 0 Å². The van der Waals surface area contributed by atoms with Crippen LogP contribution in [0.3, 0.4) is 0 Å². The topological polar surface area (TPSA) is 53.7 Å². The van der Waals surface area contributed by atoms with Gasteiger partial charge < -0.3 is 14.4 Å². The highest BCUT2D eigenvalue weighted by Crippen LogP contribution is 2.27. The summed E-state index contributed by atoms with van der Waals surface area (Å²) in [4.78, 5) is 13.6. The molecule has 0 aromatic carbocycles. The lowest BCUT2D eigenvalue weighted by Gasteiger charge is -2.20. The minimum atomic E-state index is -0.554. The van der Waals surface area contributed by atoms with Gasteiger partial charge in [0.15, 0.2) is 0 Å². The fraction of sp³-hybridized carbons (Fsp3) is 0.455. The predicted octanol–water partition coefficient (Wildman–Crippen LogP) is 2.37. The molecule has 1 aromatic rings. The monoisotopic (exact) mass is 273 g/mol. The summed E-state index contributed by atoms with van der Waals surface area (Å²) in [5.74, 6) is 0.295. The normalized spacial score (nSPS) is 10.3. The first-order valence-electron chi connectivity index (χ1n) is 5.30. The number of rotatable bonds is 3. The molecule has 0 fully saturated rings. The Bertz CT molecular complexity index is 466. The van der Waals surface area contributed by atoms with Gasteiger partial charge >= 0.3 is 5.63 Å². The van der Waals surface area contributed by atoms with Crippen molar-refractivity contribution < 1.29 is 9.52 Å². The number of hydrogen-bond donors (Lipinski definition) is 1. The second-order valence-electron chi connectivity index (χ2n) is 3.40. The largest absolute Gasteiger partial charge is 0.506 e. The molecule has 17 heavy (non-hydrogen) atoms. The van der Waals surface area contributed by atoms with Gasteiger partial charge in [-0.05, 0) is 32.5 Å². The zero-order valence-electron chi connectivity index (χ0n) is 10.0. The van der Waals surface area contributed by atoms with Crippen LogP contribution in [0, 0.1) is 6.92 Å². The average Bonchev–Trinajstić information content (AvgIpc) is 2.25. The van der Waals surface area contributed by atoms with E-state index >= 15 is 0 Å². The maximum Gasteiger partial charge on any atom is 0.353 e. The molecule has 0 bridgehead atoms. The number of aromatic hydroxyl groups is 1. The molecule has 1 aromatic heterocycles. The van der Waals surface area contributed by atoms with Gasteiger partial charge in [0.1, 0.15) is 20.7 Å². The van der Waals surface area contributed by atoms with Crippen LogP contribution in [0.5, 0.6) is 5.75 Å². The SMILES string of the molecule is CCN(CC)C(=S)Sc1c(O)cc(C)oc1=O. The second-order valence-corrected chi connectivity index (χ2v) is 5.04. The van der Waals surface area contributed by atoms with Crippen molar-refractivity contribution in [2.75, 3.05) is 13.1 Å². The van der Waals surface area contributed by atoms with Gasteiger partial charge in [-0.3, -0.25) is 0 Å². The van der Waals surface area contributed by atoms with E-state index in [-0.39, 0.29) is 10.6 Å². The summed E-state index contributed by atoms with van der Waals surface area (Å²) in [7, 11) is 0. The van der Waals surface area contributed by atoms with Crippen molar-refractivity contribution in [3.8, 4) is 5.75 Å². The number of thiocarbonyl (C=S) groups is 1. The van der Waals surface area contributed by atoms with E-state index in [1.807, 2.05) is 18.7 Å². The predicted molar refractivity (Wildman–Crippen MR) is 72.8 cm³/mol. The Labute approximate surface area is 110 Å². The summed E-state index contributed by atoms with van der Waals surface area (Å²) in [5, 5.41) is 9.69.